The van der Waals surface area contributed by atoms with Crippen LogP contribution in [0.5, 0.6) is 0 Å². The summed E-state index contributed by atoms with van der Waals surface area (Å²) in [6.07, 6.45) is 0.468. The number of rotatable bonds is 7. The van der Waals surface area contributed by atoms with E-state index in [1.54, 1.807) is 13.8 Å². The summed E-state index contributed by atoms with van der Waals surface area (Å²) >= 11 is 0. The molecule has 0 amide bonds. The van der Waals surface area contributed by atoms with E-state index >= 15 is 0 Å². The van der Waals surface area contributed by atoms with Gasteiger partial charge >= 0.3 is 6.18 Å². The first kappa shape index (κ1) is 27.3. The van der Waals surface area contributed by atoms with Crippen molar-refractivity contribution in [2.24, 2.45) is 0 Å². The van der Waals surface area contributed by atoms with Crippen molar-refractivity contribution in [2.45, 2.75) is 50.2 Å². The van der Waals surface area contributed by atoms with E-state index in [1.165, 1.54) is 18.5 Å². The van der Waals surface area contributed by atoms with Gasteiger partial charge in [-0.1, -0.05) is 6.58 Å². The highest BCUT2D eigenvalue weighted by molar-refractivity contribution is 7.90. The van der Waals surface area contributed by atoms with Crippen LogP contribution in [0.1, 0.15) is 41.5 Å². The van der Waals surface area contributed by atoms with Crippen LogP contribution in [0.3, 0.4) is 0 Å². The van der Waals surface area contributed by atoms with Gasteiger partial charge in [-0.25, -0.2) is 33.3 Å². The number of sulfone groups is 1. The first-order chi connectivity index (χ1) is 18.8. The molecule has 15 heteroatoms. The van der Waals surface area contributed by atoms with Crippen molar-refractivity contribution in [3.63, 3.8) is 0 Å². The van der Waals surface area contributed by atoms with Crippen LogP contribution in [0, 0.1) is 13.8 Å². The number of hydrogen-bond donors (Lipinski definition) is 1. The van der Waals surface area contributed by atoms with Crippen molar-refractivity contribution in [1.82, 2.24) is 34.5 Å². The first-order valence-electron chi connectivity index (χ1n) is 12.0. The predicted octanol–water partition coefficient (Wildman–Crippen LogP) is 3.58. The Kier molecular flexibility index (Phi) is 6.64. The summed E-state index contributed by atoms with van der Waals surface area (Å²) in [5, 5.41) is 2.70. The quantitative estimate of drug-likeness (QED) is 0.349. The fraction of sp³-hybridized carbons (Fsp3) is 0.320. The molecule has 1 fully saturated rings. The van der Waals surface area contributed by atoms with Crippen LogP contribution in [-0.4, -0.2) is 55.3 Å². The largest absolute Gasteiger partial charge is 0.431 e. The van der Waals surface area contributed by atoms with Crippen molar-refractivity contribution in [2.75, 3.05) is 11.6 Å². The molecule has 0 aliphatic heterocycles. The molecule has 0 unspecified atom stereocenters. The number of aromatic nitrogens is 7. The molecule has 0 bridgehead atoms. The molecular formula is C25H23F3N8O3S. The monoisotopic (exact) mass is 572 g/mol. The summed E-state index contributed by atoms with van der Waals surface area (Å²) in [6.45, 7) is 6.29. The molecule has 1 saturated carbocycles. The maximum atomic E-state index is 13.9. The molecule has 0 atom stereocenters. The smallest absolute Gasteiger partial charge is 0.360 e. The number of allylic oxidation sites excluding steroid dienone is 1. The molecule has 4 heterocycles. The van der Waals surface area contributed by atoms with E-state index < -0.39 is 33.1 Å². The van der Waals surface area contributed by atoms with Gasteiger partial charge in [-0.2, -0.15) is 13.2 Å². The second kappa shape index (κ2) is 9.73. The fourth-order valence-corrected chi connectivity index (χ4v) is 4.71. The Morgan fingerprint density at radius 2 is 1.82 bits per heavy atom. The molecule has 0 spiro atoms. The summed E-state index contributed by atoms with van der Waals surface area (Å²) in [5.41, 5.74) is -0.656. The molecule has 1 N–H and O–H groups in total. The van der Waals surface area contributed by atoms with E-state index in [4.69, 9.17) is 0 Å². The normalized spacial score (nSPS) is 13.9. The number of alkyl halides is 3. The Hall–Kier alpha value is -4.27. The van der Waals surface area contributed by atoms with Crippen molar-refractivity contribution >= 4 is 32.5 Å². The van der Waals surface area contributed by atoms with Crippen molar-refractivity contribution in [3.05, 3.63) is 64.4 Å². The van der Waals surface area contributed by atoms with E-state index in [0.29, 0.717) is 27.2 Å². The van der Waals surface area contributed by atoms with Gasteiger partial charge < -0.3 is 5.32 Å². The number of nitrogens with one attached hydrogen (secondary N) is 1. The highest BCUT2D eigenvalue weighted by Gasteiger charge is 2.37. The minimum Gasteiger partial charge on any atom is -0.360 e. The van der Waals surface area contributed by atoms with Gasteiger partial charge in [0.2, 0.25) is 0 Å². The summed E-state index contributed by atoms with van der Waals surface area (Å²) in [7, 11) is -3.47. The summed E-state index contributed by atoms with van der Waals surface area (Å²) in [6, 6.07) is 2.75. The molecule has 40 heavy (non-hydrogen) atoms. The van der Waals surface area contributed by atoms with Gasteiger partial charge in [-0.15, -0.1) is 0 Å². The maximum absolute atomic E-state index is 13.9. The Morgan fingerprint density at radius 3 is 2.42 bits per heavy atom. The molecule has 11 nitrogen and oxygen atoms in total. The average Bonchev–Trinajstić information content (AvgIpc) is 3.72. The van der Waals surface area contributed by atoms with Gasteiger partial charge in [0.25, 0.3) is 5.56 Å². The molecule has 208 valence electrons. The number of fused-ring (bicyclic) bond motifs is 1. The molecular weight excluding hydrogens is 549 g/mol. The van der Waals surface area contributed by atoms with Crippen LogP contribution in [0.4, 0.5) is 19.0 Å². The number of pyridine rings is 1. The van der Waals surface area contributed by atoms with Crippen molar-refractivity contribution < 1.29 is 21.6 Å². The molecule has 4 aromatic rings. The van der Waals surface area contributed by atoms with Gasteiger partial charge in [0.1, 0.15) is 17.5 Å². The summed E-state index contributed by atoms with van der Waals surface area (Å²) < 4.78 is 65.4. The van der Waals surface area contributed by atoms with Crippen molar-refractivity contribution in [3.8, 4) is 11.4 Å². The third-order valence-corrected chi connectivity index (χ3v) is 7.49. The van der Waals surface area contributed by atoms with Gasteiger partial charge in [0.15, 0.2) is 27.1 Å². The fourth-order valence-electron chi connectivity index (χ4n) is 4.15. The summed E-state index contributed by atoms with van der Waals surface area (Å²) in [5.74, 6) is -0.150. The van der Waals surface area contributed by atoms with E-state index in [1.807, 2.05) is 0 Å². The van der Waals surface area contributed by atoms with Gasteiger partial charge in [-0.3, -0.25) is 14.3 Å². The lowest BCUT2D eigenvalue weighted by Gasteiger charge is -2.18. The van der Waals surface area contributed by atoms with E-state index in [2.05, 4.69) is 41.8 Å². The van der Waals surface area contributed by atoms with Crippen LogP contribution >= 0.6 is 0 Å². The number of aryl methyl sites for hydroxylation is 2. The molecule has 4 aromatic heterocycles. The Balaban J connectivity index is 1.64. The predicted molar refractivity (Wildman–Crippen MR) is 140 cm³/mol. The average molecular weight is 573 g/mol. The van der Waals surface area contributed by atoms with E-state index in [9.17, 15) is 26.4 Å². The van der Waals surface area contributed by atoms with Crippen LogP contribution in [0.2, 0.25) is 0 Å². The molecule has 5 rings (SSSR count). The lowest BCUT2D eigenvalue weighted by Crippen LogP contribution is -2.30. The minimum absolute atomic E-state index is 0.00335. The van der Waals surface area contributed by atoms with Gasteiger partial charge in [0, 0.05) is 18.4 Å². The zero-order valence-corrected chi connectivity index (χ0v) is 22.4. The number of hydrogen-bond acceptors (Lipinski definition) is 10. The third kappa shape index (κ3) is 5.15. The third-order valence-electron chi connectivity index (χ3n) is 6.39. The topological polar surface area (TPSA) is 146 Å². The molecule has 0 aromatic carbocycles. The standard InChI is InChI=1S/C25H23F3N8O3S/c1-12-18(20(15-5-6-15)32-11-31-12)21-33-13(2)19-23(35-21)36(14(3)25(26,27)28)24(37)22(34-19)30-9-16-7-8-17(10-29-16)40(4,38)39/h7-8,10-11,15H,3,5-6,9H2,1-2,4H3,(H,30,34). The number of halogens is 3. The molecule has 1 aliphatic carbocycles. The SMILES string of the molecule is C=C(n1c(=O)c(NCc2ccc(S(C)(=O)=O)cn2)nc2c(C)nc(-c3c(C)ncnc3C3CC3)nc21)C(F)(F)F. The second-order valence-electron chi connectivity index (χ2n) is 9.45. The first-order valence-corrected chi connectivity index (χ1v) is 13.9. The Labute approximate surface area is 226 Å². The van der Waals surface area contributed by atoms with Crippen molar-refractivity contribution in [1.29, 1.82) is 0 Å². The lowest BCUT2D eigenvalue weighted by molar-refractivity contribution is -0.0733. The Bertz CT molecular complexity index is 1830. The van der Waals surface area contributed by atoms with Gasteiger partial charge in [0.05, 0.1) is 39.8 Å². The van der Waals surface area contributed by atoms with Gasteiger partial charge in [-0.05, 0) is 38.8 Å². The highest BCUT2D eigenvalue weighted by atomic mass is 32.2. The number of anilines is 1. The molecule has 0 saturated heterocycles. The summed E-state index contributed by atoms with van der Waals surface area (Å²) in [4.78, 5) is 39.1. The number of nitrogens with zero attached hydrogens (tertiary/aromatic N) is 7. The minimum atomic E-state index is -4.96. The highest BCUT2D eigenvalue weighted by Crippen LogP contribution is 2.43. The second-order valence-corrected chi connectivity index (χ2v) is 11.5. The molecule has 0 radical (unpaired) electrons. The lowest BCUT2D eigenvalue weighted by atomic mass is 10.1. The zero-order valence-electron chi connectivity index (χ0n) is 21.6. The van der Waals surface area contributed by atoms with E-state index in [-0.39, 0.29) is 40.0 Å². The van der Waals surface area contributed by atoms with Crippen LogP contribution in [-0.2, 0) is 16.4 Å². The van der Waals surface area contributed by atoms with E-state index in [0.717, 1.165) is 25.3 Å². The zero-order chi connectivity index (χ0) is 29.0. The van der Waals surface area contributed by atoms with Crippen LogP contribution < -0.4 is 10.9 Å². The Morgan fingerprint density at radius 1 is 1.10 bits per heavy atom. The molecule has 1 aliphatic rings. The maximum Gasteiger partial charge on any atom is 0.431 e. The van der Waals surface area contributed by atoms with Crippen LogP contribution in [0.25, 0.3) is 28.2 Å². The van der Waals surface area contributed by atoms with Crippen LogP contribution in [0.15, 0.2) is 40.9 Å².